The second kappa shape index (κ2) is 7.43. The molecule has 1 aliphatic rings. The van der Waals surface area contributed by atoms with Crippen LogP contribution in [0.5, 0.6) is 0 Å². The van der Waals surface area contributed by atoms with Crippen molar-refractivity contribution in [2.24, 2.45) is 5.92 Å². The number of aliphatic hydroxyl groups is 1. The smallest absolute Gasteiger partial charge is 0.143 e. The first kappa shape index (κ1) is 20.2. The third kappa shape index (κ3) is 3.51. The Balaban J connectivity index is 1.74. The number of hydrogen-bond acceptors (Lipinski definition) is 6. The molecule has 5 rings (SSSR count). The number of ether oxygens (including phenoxy) is 1. The molecule has 0 spiro atoms. The Labute approximate surface area is 181 Å². The second-order valence-corrected chi connectivity index (χ2v) is 9.10. The van der Waals surface area contributed by atoms with Gasteiger partial charge in [-0.15, -0.1) is 0 Å². The van der Waals surface area contributed by atoms with Crippen molar-refractivity contribution in [1.82, 2.24) is 19.7 Å². The minimum absolute atomic E-state index is 0.536. The Hall–Kier alpha value is -2.77. The van der Waals surface area contributed by atoms with E-state index >= 15 is 0 Å². The SMILES string of the molecule is Cc1noc(C)c1-c1cc2c(cn1)c1ncc(C(C)(C)O)cc1n2CC1CCOCC1. The predicted molar refractivity (Wildman–Crippen MR) is 119 cm³/mol. The molecule has 7 heteroatoms. The predicted octanol–water partition coefficient (Wildman–Crippen LogP) is 4.51. The van der Waals surface area contributed by atoms with Gasteiger partial charge < -0.3 is 18.9 Å². The summed E-state index contributed by atoms with van der Waals surface area (Å²) in [6, 6.07) is 4.18. The van der Waals surface area contributed by atoms with E-state index in [0.29, 0.717) is 5.92 Å². The van der Waals surface area contributed by atoms with Crippen LogP contribution in [0.25, 0.3) is 33.2 Å². The first-order valence-corrected chi connectivity index (χ1v) is 10.8. The molecule has 4 aromatic heterocycles. The number of aromatic nitrogens is 4. The maximum Gasteiger partial charge on any atom is 0.143 e. The van der Waals surface area contributed by atoms with Gasteiger partial charge in [-0.3, -0.25) is 9.97 Å². The number of hydrogen-bond donors (Lipinski definition) is 1. The summed E-state index contributed by atoms with van der Waals surface area (Å²) in [4.78, 5) is 9.47. The molecule has 0 radical (unpaired) electrons. The number of rotatable bonds is 4. The van der Waals surface area contributed by atoms with Crippen LogP contribution in [0, 0.1) is 19.8 Å². The lowest BCUT2D eigenvalue weighted by molar-refractivity contribution is 0.0619. The van der Waals surface area contributed by atoms with Gasteiger partial charge in [0.15, 0.2) is 0 Å². The van der Waals surface area contributed by atoms with Crippen molar-refractivity contribution in [2.75, 3.05) is 13.2 Å². The van der Waals surface area contributed by atoms with Crippen molar-refractivity contribution in [2.45, 2.75) is 52.7 Å². The summed E-state index contributed by atoms with van der Waals surface area (Å²) in [6.07, 6.45) is 5.75. The molecule has 0 atom stereocenters. The third-order valence-electron chi connectivity index (χ3n) is 6.36. The van der Waals surface area contributed by atoms with E-state index in [4.69, 9.17) is 19.2 Å². The van der Waals surface area contributed by atoms with Crippen LogP contribution in [0.1, 0.15) is 43.7 Å². The van der Waals surface area contributed by atoms with Crippen LogP contribution < -0.4 is 0 Å². The van der Waals surface area contributed by atoms with Gasteiger partial charge in [0, 0.05) is 43.1 Å². The fourth-order valence-corrected chi connectivity index (χ4v) is 4.55. The van der Waals surface area contributed by atoms with Gasteiger partial charge in [0.25, 0.3) is 0 Å². The highest BCUT2D eigenvalue weighted by Crippen LogP contribution is 2.35. The maximum atomic E-state index is 10.6. The van der Waals surface area contributed by atoms with Crippen LogP contribution in [0.15, 0.2) is 29.0 Å². The minimum atomic E-state index is -0.957. The Morgan fingerprint density at radius 3 is 2.55 bits per heavy atom. The van der Waals surface area contributed by atoms with Crippen molar-refractivity contribution in [1.29, 1.82) is 0 Å². The van der Waals surface area contributed by atoms with Gasteiger partial charge in [-0.2, -0.15) is 0 Å². The number of aryl methyl sites for hydroxylation is 2. The van der Waals surface area contributed by atoms with Crippen LogP contribution >= 0.6 is 0 Å². The quantitative estimate of drug-likeness (QED) is 0.523. The topological polar surface area (TPSA) is 86.2 Å². The van der Waals surface area contributed by atoms with E-state index in [1.165, 1.54) is 0 Å². The van der Waals surface area contributed by atoms with Gasteiger partial charge >= 0.3 is 0 Å². The highest BCUT2D eigenvalue weighted by Gasteiger charge is 2.23. The van der Waals surface area contributed by atoms with Crippen LogP contribution in [0.4, 0.5) is 0 Å². The van der Waals surface area contributed by atoms with Crippen molar-refractivity contribution in [3.05, 3.63) is 41.5 Å². The number of pyridine rings is 2. The molecule has 0 aliphatic carbocycles. The zero-order valence-electron chi connectivity index (χ0n) is 18.5. The van der Waals surface area contributed by atoms with Gasteiger partial charge in [0.05, 0.1) is 39.1 Å². The summed E-state index contributed by atoms with van der Waals surface area (Å²) < 4.78 is 13.3. The van der Waals surface area contributed by atoms with E-state index in [2.05, 4.69) is 21.9 Å². The Morgan fingerprint density at radius 2 is 1.87 bits per heavy atom. The van der Waals surface area contributed by atoms with E-state index in [9.17, 15) is 5.11 Å². The standard InChI is InChI=1S/C24H28N4O3/c1-14-22(15(2)31-27-14)19-10-20-18(12-25-19)23-21(9-17(11-26-23)24(3,4)29)28(20)13-16-5-7-30-8-6-16/h9-12,16,29H,5-8,13H2,1-4H3. The maximum absolute atomic E-state index is 10.6. The summed E-state index contributed by atoms with van der Waals surface area (Å²) >= 11 is 0. The molecule has 0 bridgehead atoms. The van der Waals surface area contributed by atoms with Crippen molar-refractivity contribution < 1.29 is 14.4 Å². The summed E-state index contributed by atoms with van der Waals surface area (Å²) in [5.74, 6) is 1.30. The lowest BCUT2D eigenvalue weighted by Gasteiger charge is -2.23. The Morgan fingerprint density at radius 1 is 1.10 bits per heavy atom. The van der Waals surface area contributed by atoms with E-state index < -0.39 is 5.60 Å². The molecule has 4 aromatic rings. The molecule has 0 unspecified atom stereocenters. The van der Waals surface area contributed by atoms with E-state index in [1.54, 1.807) is 20.0 Å². The zero-order chi connectivity index (χ0) is 21.8. The molecule has 1 N–H and O–H groups in total. The zero-order valence-corrected chi connectivity index (χ0v) is 18.5. The fraction of sp³-hybridized carbons (Fsp3) is 0.458. The summed E-state index contributed by atoms with van der Waals surface area (Å²) in [5.41, 5.74) is 5.49. The largest absolute Gasteiger partial charge is 0.386 e. The van der Waals surface area contributed by atoms with E-state index in [0.717, 1.165) is 82.8 Å². The average molecular weight is 421 g/mol. The molecular weight excluding hydrogens is 392 g/mol. The first-order valence-electron chi connectivity index (χ1n) is 10.8. The second-order valence-electron chi connectivity index (χ2n) is 9.10. The highest BCUT2D eigenvalue weighted by atomic mass is 16.5. The molecule has 1 fully saturated rings. The molecule has 1 saturated heterocycles. The van der Waals surface area contributed by atoms with Crippen molar-refractivity contribution in [3.8, 4) is 11.3 Å². The summed E-state index contributed by atoms with van der Waals surface area (Å²) in [5, 5.41) is 15.7. The molecule has 162 valence electrons. The molecule has 7 nitrogen and oxygen atoms in total. The lowest BCUT2D eigenvalue weighted by atomic mass is 9.99. The highest BCUT2D eigenvalue weighted by molar-refractivity contribution is 6.06. The summed E-state index contributed by atoms with van der Waals surface area (Å²) in [7, 11) is 0. The number of nitrogens with zero attached hydrogens (tertiary/aromatic N) is 4. The van der Waals surface area contributed by atoms with Gasteiger partial charge in [0.1, 0.15) is 5.76 Å². The van der Waals surface area contributed by atoms with Crippen molar-refractivity contribution in [3.63, 3.8) is 0 Å². The van der Waals surface area contributed by atoms with E-state index in [-0.39, 0.29) is 0 Å². The third-order valence-corrected chi connectivity index (χ3v) is 6.36. The lowest BCUT2D eigenvalue weighted by Crippen LogP contribution is -2.20. The van der Waals surface area contributed by atoms with Gasteiger partial charge in [-0.05, 0) is 58.6 Å². The molecule has 31 heavy (non-hydrogen) atoms. The number of fused-ring (bicyclic) bond motifs is 3. The van der Waals surface area contributed by atoms with E-state index in [1.807, 2.05) is 20.0 Å². The Bertz CT molecular complexity index is 1240. The molecule has 0 amide bonds. The van der Waals surface area contributed by atoms with Crippen LogP contribution in [-0.4, -0.2) is 38.0 Å². The summed E-state index contributed by atoms with van der Waals surface area (Å²) in [6.45, 7) is 9.92. The normalized spacial score (nSPS) is 15.9. The van der Waals surface area contributed by atoms with Crippen LogP contribution in [0.3, 0.4) is 0 Å². The average Bonchev–Trinajstić information content (AvgIpc) is 3.24. The van der Waals surface area contributed by atoms with Gasteiger partial charge in [-0.1, -0.05) is 5.16 Å². The Kier molecular flexibility index (Phi) is 4.83. The minimum Gasteiger partial charge on any atom is -0.386 e. The van der Waals surface area contributed by atoms with Crippen LogP contribution in [-0.2, 0) is 16.9 Å². The molecule has 0 aromatic carbocycles. The molecule has 1 aliphatic heterocycles. The molecular formula is C24H28N4O3. The van der Waals surface area contributed by atoms with Gasteiger partial charge in [0.2, 0.25) is 0 Å². The fourth-order valence-electron chi connectivity index (χ4n) is 4.55. The van der Waals surface area contributed by atoms with Crippen LogP contribution in [0.2, 0.25) is 0 Å². The monoisotopic (exact) mass is 420 g/mol. The van der Waals surface area contributed by atoms with Gasteiger partial charge in [-0.25, -0.2) is 0 Å². The first-order chi connectivity index (χ1) is 14.8. The molecule has 0 saturated carbocycles. The van der Waals surface area contributed by atoms with Crippen molar-refractivity contribution >= 4 is 21.9 Å². The molecule has 5 heterocycles.